The molecule has 0 heterocycles. The van der Waals surface area contributed by atoms with Crippen molar-refractivity contribution in [1.82, 2.24) is 0 Å². The predicted octanol–water partition coefficient (Wildman–Crippen LogP) is 11.8. The van der Waals surface area contributed by atoms with Crippen LogP contribution in [0, 0.1) is 5.92 Å². The number of allylic oxidation sites excluding steroid dienone is 6. The van der Waals surface area contributed by atoms with Crippen molar-refractivity contribution in [2.45, 2.75) is 175 Å². The Morgan fingerprint density at radius 1 is 0.514 bits per heavy atom. The molecule has 37 heavy (non-hydrogen) atoms. The fourth-order valence-corrected chi connectivity index (χ4v) is 4.84. The summed E-state index contributed by atoms with van der Waals surface area (Å²) in [5.41, 5.74) is 0. The molecular formula is C35H64O2. The van der Waals surface area contributed by atoms with E-state index in [0.29, 0.717) is 12.3 Å². The molecule has 1 atom stereocenters. The first-order valence-corrected chi connectivity index (χ1v) is 16.3. The summed E-state index contributed by atoms with van der Waals surface area (Å²) in [6, 6.07) is 0. The normalized spacial score (nSPS) is 13.7. The molecule has 0 N–H and O–H groups in total. The highest BCUT2D eigenvalue weighted by atomic mass is 16.5. The van der Waals surface area contributed by atoms with Gasteiger partial charge < -0.3 is 4.74 Å². The van der Waals surface area contributed by atoms with Gasteiger partial charge in [-0.2, -0.15) is 0 Å². The maximum atomic E-state index is 12.5. The maximum Gasteiger partial charge on any atom is 0.306 e. The lowest BCUT2D eigenvalue weighted by atomic mass is 9.88. The zero-order valence-electron chi connectivity index (χ0n) is 25.5. The maximum absolute atomic E-state index is 12.5. The summed E-state index contributed by atoms with van der Waals surface area (Å²) < 4.78 is 6.13. The third-order valence-electron chi connectivity index (χ3n) is 7.20. The molecule has 0 fully saturated rings. The topological polar surface area (TPSA) is 26.3 Å². The number of rotatable bonds is 27. The molecule has 0 aromatic carbocycles. The van der Waals surface area contributed by atoms with Crippen molar-refractivity contribution in [2.24, 2.45) is 5.92 Å². The minimum absolute atomic E-state index is 0.00364. The van der Waals surface area contributed by atoms with Crippen LogP contribution in [0.1, 0.15) is 169 Å². The monoisotopic (exact) mass is 516 g/mol. The first kappa shape index (κ1) is 35.7. The van der Waals surface area contributed by atoms with Gasteiger partial charge in [-0.25, -0.2) is 0 Å². The van der Waals surface area contributed by atoms with E-state index in [0.717, 1.165) is 44.9 Å². The second-order valence-corrected chi connectivity index (χ2v) is 10.9. The Bertz CT molecular complexity index is 534. The van der Waals surface area contributed by atoms with E-state index in [1.165, 1.54) is 89.9 Å². The lowest BCUT2D eigenvalue weighted by molar-refractivity contribution is -0.152. The van der Waals surface area contributed by atoms with Crippen molar-refractivity contribution >= 4 is 5.97 Å². The molecular weight excluding hydrogens is 452 g/mol. The van der Waals surface area contributed by atoms with E-state index in [4.69, 9.17) is 4.74 Å². The predicted molar refractivity (Wildman–Crippen MR) is 165 cm³/mol. The molecule has 0 aliphatic heterocycles. The van der Waals surface area contributed by atoms with Gasteiger partial charge >= 0.3 is 5.97 Å². The molecule has 0 amide bonds. The Morgan fingerprint density at radius 3 is 1.32 bits per heavy atom. The molecule has 2 heteroatoms. The van der Waals surface area contributed by atoms with Crippen molar-refractivity contribution in [2.75, 3.05) is 0 Å². The van der Waals surface area contributed by atoms with E-state index in [-0.39, 0.29) is 12.1 Å². The van der Waals surface area contributed by atoms with Crippen molar-refractivity contribution < 1.29 is 9.53 Å². The van der Waals surface area contributed by atoms with Gasteiger partial charge in [-0.15, -0.1) is 0 Å². The van der Waals surface area contributed by atoms with Gasteiger partial charge in [0.15, 0.2) is 0 Å². The highest BCUT2D eigenvalue weighted by molar-refractivity contribution is 5.69. The third-order valence-corrected chi connectivity index (χ3v) is 7.20. The number of hydrogen-bond acceptors (Lipinski definition) is 2. The molecule has 0 radical (unpaired) electrons. The zero-order valence-corrected chi connectivity index (χ0v) is 25.5. The summed E-state index contributed by atoms with van der Waals surface area (Å²) in [6.45, 7) is 8.84. The summed E-state index contributed by atoms with van der Waals surface area (Å²) in [7, 11) is 0. The molecule has 1 unspecified atom stereocenters. The summed E-state index contributed by atoms with van der Waals surface area (Å²) in [6.07, 6.45) is 39.9. The summed E-state index contributed by atoms with van der Waals surface area (Å²) in [5, 5.41) is 0. The third kappa shape index (κ3) is 24.8. The first-order valence-electron chi connectivity index (χ1n) is 16.3. The standard InChI is InChI=1S/C35H64O2/c1-5-9-12-15-18-21-23-26-30-33(31-27-24-22-19-16-13-10-6-2)34(37-35(36)29-8-4)32-28-25-20-17-14-11-7-3/h18-22,25,33-34H,5-17,23-24,26-32H2,1-4H3. The molecule has 0 aromatic rings. The summed E-state index contributed by atoms with van der Waals surface area (Å²) in [4.78, 5) is 12.5. The number of hydrogen-bond donors (Lipinski definition) is 0. The Balaban J connectivity index is 4.95. The molecule has 0 rings (SSSR count). The smallest absolute Gasteiger partial charge is 0.306 e. The average molecular weight is 517 g/mol. The Morgan fingerprint density at radius 2 is 0.919 bits per heavy atom. The fourth-order valence-electron chi connectivity index (χ4n) is 4.84. The van der Waals surface area contributed by atoms with Crippen LogP contribution in [0.2, 0.25) is 0 Å². The molecule has 2 nitrogen and oxygen atoms in total. The fraction of sp³-hybridized carbons (Fsp3) is 0.800. The van der Waals surface area contributed by atoms with Gasteiger partial charge in [-0.05, 0) is 102 Å². The van der Waals surface area contributed by atoms with E-state index in [1.54, 1.807) is 0 Å². The molecule has 0 aliphatic rings. The van der Waals surface area contributed by atoms with Crippen molar-refractivity contribution in [3.63, 3.8) is 0 Å². The number of unbranched alkanes of at least 4 members (excludes halogenated alkanes) is 11. The SMILES string of the molecule is CCCCCC=CCCCC(CCCC=CCCCCC)C(CCC=CCCCCC)OC(=O)CCC. The Kier molecular flexibility index (Phi) is 28.2. The van der Waals surface area contributed by atoms with Gasteiger partial charge in [0, 0.05) is 6.42 Å². The van der Waals surface area contributed by atoms with Gasteiger partial charge in [0.2, 0.25) is 0 Å². The lowest BCUT2D eigenvalue weighted by Gasteiger charge is -2.27. The Hall–Kier alpha value is -1.31. The second-order valence-electron chi connectivity index (χ2n) is 10.9. The van der Waals surface area contributed by atoms with E-state index < -0.39 is 0 Å². The first-order chi connectivity index (χ1) is 18.2. The van der Waals surface area contributed by atoms with E-state index in [2.05, 4.69) is 64.2 Å². The van der Waals surface area contributed by atoms with Crippen LogP contribution in [0.3, 0.4) is 0 Å². The van der Waals surface area contributed by atoms with Crippen molar-refractivity contribution in [3.05, 3.63) is 36.5 Å². The van der Waals surface area contributed by atoms with Crippen LogP contribution < -0.4 is 0 Å². The van der Waals surface area contributed by atoms with E-state index in [1.807, 2.05) is 0 Å². The van der Waals surface area contributed by atoms with Crippen molar-refractivity contribution in [3.8, 4) is 0 Å². The van der Waals surface area contributed by atoms with Gasteiger partial charge in [0.1, 0.15) is 6.10 Å². The average Bonchev–Trinajstić information content (AvgIpc) is 2.89. The summed E-state index contributed by atoms with van der Waals surface area (Å²) >= 11 is 0. The molecule has 0 aromatic heterocycles. The highest BCUT2D eigenvalue weighted by Gasteiger charge is 2.24. The molecule has 0 aliphatic carbocycles. The lowest BCUT2D eigenvalue weighted by Crippen LogP contribution is -2.27. The Labute approximate surface area is 232 Å². The number of carbonyl (C=O) groups excluding carboxylic acids is 1. The van der Waals surface area contributed by atoms with Gasteiger partial charge in [-0.3, -0.25) is 4.79 Å². The van der Waals surface area contributed by atoms with E-state index >= 15 is 0 Å². The minimum atomic E-state index is -0.00364. The van der Waals surface area contributed by atoms with E-state index in [9.17, 15) is 4.79 Å². The summed E-state index contributed by atoms with van der Waals surface area (Å²) in [5.74, 6) is 0.465. The van der Waals surface area contributed by atoms with Crippen LogP contribution in [0.4, 0.5) is 0 Å². The molecule has 0 spiro atoms. The largest absolute Gasteiger partial charge is 0.462 e. The molecule has 0 saturated heterocycles. The van der Waals surface area contributed by atoms with Crippen LogP contribution >= 0.6 is 0 Å². The van der Waals surface area contributed by atoms with Gasteiger partial charge in [0.25, 0.3) is 0 Å². The zero-order chi connectivity index (χ0) is 27.2. The minimum Gasteiger partial charge on any atom is -0.462 e. The van der Waals surface area contributed by atoms with Crippen LogP contribution in [-0.2, 0) is 9.53 Å². The van der Waals surface area contributed by atoms with Crippen LogP contribution in [0.5, 0.6) is 0 Å². The van der Waals surface area contributed by atoms with Crippen LogP contribution in [0.15, 0.2) is 36.5 Å². The highest BCUT2D eigenvalue weighted by Crippen LogP contribution is 2.27. The van der Waals surface area contributed by atoms with Gasteiger partial charge in [0.05, 0.1) is 0 Å². The number of esters is 1. The van der Waals surface area contributed by atoms with Crippen LogP contribution in [0.25, 0.3) is 0 Å². The molecule has 0 bridgehead atoms. The second kappa shape index (κ2) is 29.2. The number of ether oxygens (including phenoxy) is 1. The number of carbonyl (C=O) groups is 1. The van der Waals surface area contributed by atoms with Gasteiger partial charge in [-0.1, -0.05) is 103 Å². The molecule has 0 saturated carbocycles. The van der Waals surface area contributed by atoms with Crippen LogP contribution in [-0.4, -0.2) is 12.1 Å². The molecule has 216 valence electrons. The van der Waals surface area contributed by atoms with Crippen molar-refractivity contribution in [1.29, 1.82) is 0 Å². The quantitative estimate of drug-likeness (QED) is 0.0616.